The van der Waals surface area contributed by atoms with Gasteiger partial charge in [-0.15, -0.1) is 11.3 Å². The van der Waals surface area contributed by atoms with E-state index >= 15 is 0 Å². The molecule has 0 spiro atoms. The Kier molecular flexibility index (Phi) is 6.11. The van der Waals surface area contributed by atoms with E-state index in [2.05, 4.69) is 34.5 Å². The molecule has 2 heterocycles. The number of aryl methyl sites for hydroxylation is 1. The van der Waals surface area contributed by atoms with Crippen LogP contribution in [0.4, 0.5) is 0 Å². The van der Waals surface area contributed by atoms with Gasteiger partial charge in [-0.2, -0.15) is 0 Å². The van der Waals surface area contributed by atoms with Crippen molar-refractivity contribution >= 4 is 17.3 Å². The SMILES string of the molecule is CCNC(=NCc1ccc2c(c1)OCCCO2)NCc1ncc(C)s1. The molecule has 0 fully saturated rings. The van der Waals surface area contributed by atoms with Gasteiger partial charge >= 0.3 is 0 Å². The van der Waals surface area contributed by atoms with Gasteiger partial charge in [-0.1, -0.05) is 6.07 Å². The van der Waals surface area contributed by atoms with Gasteiger partial charge in [-0.05, 0) is 31.5 Å². The number of ether oxygens (including phenoxy) is 2. The van der Waals surface area contributed by atoms with Gasteiger partial charge in [0, 0.05) is 24.0 Å². The van der Waals surface area contributed by atoms with Crippen molar-refractivity contribution in [1.29, 1.82) is 0 Å². The van der Waals surface area contributed by atoms with Gasteiger partial charge in [0.1, 0.15) is 5.01 Å². The van der Waals surface area contributed by atoms with Gasteiger partial charge in [0.15, 0.2) is 17.5 Å². The molecule has 1 aromatic heterocycles. The predicted octanol–water partition coefficient (Wildman–Crippen LogP) is 2.87. The molecule has 0 bridgehead atoms. The van der Waals surface area contributed by atoms with E-state index in [1.54, 1.807) is 11.3 Å². The monoisotopic (exact) mass is 360 g/mol. The number of guanidine groups is 1. The number of thiazole rings is 1. The zero-order valence-corrected chi connectivity index (χ0v) is 15.5. The summed E-state index contributed by atoms with van der Waals surface area (Å²) < 4.78 is 11.4. The van der Waals surface area contributed by atoms with Gasteiger partial charge in [-0.25, -0.2) is 9.98 Å². The molecule has 0 radical (unpaired) electrons. The maximum Gasteiger partial charge on any atom is 0.191 e. The number of rotatable bonds is 5. The Labute approximate surface area is 152 Å². The van der Waals surface area contributed by atoms with Gasteiger partial charge < -0.3 is 20.1 Å². The zero-order chi connectivity index (χ0) is 17.5. The average Bonchev–Trinajstić information content (AvgIpc) is 2.89. The highest BCUT2D eigenvalue weighted by Crippen LogP contribution is 2.30. The first kappa shape index (κ1) is 17.5. The highest BCUT2D eigenvalue weighted by molar-refractivity contribution is 7.11. The molecule has 1 aliphatic heterocycles. The fourth-order valence-electron chi connectivity index (χ4n) is 2.46. The maximum absolute atomic E-state index is 5.74. The molecule has 6 nitrogen and oxygen atoms in total. The van der Waals surface area contributed by atoms with Crippen LogP contribution in [0.2, 0.25) is 0 Å². The lowest BCUT2D eigenvalue weighted by molar-refractivity contribution is 0.297. The van der Waals surface area contributed by atoms with Crippen molar-refractivity contribution in [2.24, 2.45) is 4.99 Å². The first-order valence-corrected chi connectivity index (χ1v) is 9.38. The molecule has 7 heteroatoms. The van der Waals surface area contributed by atoms with E-state index < -0.39 is 0 Å². The number of fused-ring (bicyclic) bond motifs is 1. The van der Waals surface area contributed by atoms with Crippen LogP contribution in [0.5, 0.6) is 11.5 Å². The summed E-state index contributed by atoms with van der Waals surface area (Å²) in [6.45, 7) is 7.56. The Balaban J connectivity index is 1.63. The molecular weight excluding hydrogens is 336 g/mol. The molecule has 0 aliphatic carbocycles. The van der Waals surface area contributed by atoms with Crippen molar-refractivity contribution in [2.75, 3.05) is 19.8 Å². The van der Waals surface area contributed by atoms with Crippen LogP contribution in [0.3, 0.4) is 0 Å². The predicted molar refractivity (Wildman–Crippen MR) is 101 cm³/mol. The minimum absolute atomic E-state index is 0.572. The Morgan fingerprint density at radius 3 is 2.84 bits per heavy atom. The molecule has 2 aromatic rings. The van der Waals surface area contributed by atoms with Gasteiger partial charge in [0.05, 0.1) is 26.3 Å². The molecule has 1 aliphatic rings. The minimum Gasteiger partial charge on any atom is -0.490 e. The number of hydrogen-bond acceptors (Lipinski definition) is 5. The highest BCUT2D eigenvalue weighted by Gasteiger charge is 2.10. The van der Waals surface area contributed by atoms with Crippen molar-refractivity contribution in [2.45, 2.75) is 33.4 Å². The van der Waals surface area contributed by atoms with E-state index in [0.29, 0.717) is 26.3 Å². The lowest BCUT2D eigenvalue weighted by Gasteiger charge is -2.11. The Bertz CT molecular complexity index is 730. The number of aromatic nitrogens is 1. The van der Waals surface area contributed by atoms with E-state index in [0.717, 1.165) is 41.0 Å². The van der Waals surface area contributed by atoms with Gasteiger partial charge in [0.25, 0.3) is 0 Å². The number of benzene rings is 1. The van der Waals surface area contributed by atoms with E-state index in [1.807, 2.05) is 24.4 Å². The van der Waals surface area contributed by atoms with Crippen molar-refractivity contribution in [3.05, 3.63) is 39.8 Å². The van der Waals surface area contributed by atoms with Crippen LogP contribution in [0, 0.1) is 6.92 Å². The normalized spacial score (nSPS) is 14.1. The Hall–Kier alpha value is -2.28. The van der Waals surface area contributed by atoms with Crippen LogP contribution in [-0.2, 0) is 13.1 Å². The smallest absolute Gasteiger partial charge is 0.191 e. The van der Waals surface area contributed by atoms with Crippen molar-refractivity contribution < 1.29 is 9.47 Å². The molecule has 0 amide bonds. The molecule has 0 atom stereocenters. The van der Waals surface area contributed by atoms with E-state index in [9.17, 15) is 0 Å². The summed E-state index contributed by atoms with van der Waals surface area (Å²) in [7, 11) is 0. The fourth-order valence-corrected chi connectivity index (χ4v) is 3.19. The molecule has 25 heavy (non-hydrogen) atoms. The first-order valence-electron chi connectivity index (χ1n) is 8.56. The Morgan fingerprint density at radius 2 is 2.08 bits per heavy atom. The Morgan fingerprint density at radius 1 is 1.24 bits per heavy atom. The molecule has 0 unspecified atom stereocenters. The fraction of sp³-hybridized carbons (Fsp3) is 0.444. The summed E-state index contributed by atoms with van der Waals surface area (Å²) in [6, 6.07) is 6.01. The molecule has 134 valence electrons. The summed E-state index contributed by atoms with van der Waals surface area (Å²) >= 11 is 1.69. The minimum atomic E-state index is 0.572. The summed E-state index contributed by atoms with van der Waals surface area (Å²) in [5.74, 6) is 2.40. The van der Waals surface area contributed by atoms with E-state index in [4.69, 9.17) is 9.47 Å². The second kappa shape index (κ2) is 8.71. The van der Waals surface area contributed by atoms with Crippen LogP contribution in [0.1, 0.15) is 28.8 Å². The van der Waals surface area contributed by atoms with E-state index in [-0.39, 0.29) is 0 Å². The zero-order valence-electron chi connectivity index (χ0n) is 14.7. The standard InChI is InChI=1S/C18H24N4O2S/c1-3-19-18(22-12-17-20-10-13(2)25-17)21-11-14-5-6-15-16(9-14)24-8-4-7-23-15/h5-6,9-10H,3-4,7-8,11-12H2,1-2H3,(H2,19,21,22). The van der Waals surface area contributed by atoms with Crippen LogP contribution >= 0.6 is 11.3 Å². The molecule has 3 rings (SSSR count). The van der Waals surface area contributed by atoms with Crippen LogP contribution in [0.25, 0.3) is 0 Å². The summed E-state index contributed by atoms with van der Waals surface area (Å²) in [5, 5.41) is 7.64. The van der Waals surface area contributed by atoms with E-state index in [1.165, 1.54) is 4.88 Å². The number of aliphatic imine (C=N–C) groups is 1. The lowest BCUT2D eigenvalue weighted by atomic mass is 10.2. The van der Waals surface area contributed by atoms with Crippen molar-refractivity contribution in [1.82, 2.24) is 15.6 Å². The maximum atomic E-state index is 5.74. The second-order valence-corrected chi connectivity index (χ2v) is 7.06. The van der Waals surface area contributed by atoms with Crippen LogP contribution in [0.15, 0.2) is 29.4 Å². The highest BCUT2D eigenvalue weighted by atomic mass is 32.1. The first-order chi connectivity index (χ1) is 12.2. The summed E-state index contributed by atoms with van der Waals surface area (Å²) in [5.41, 5.74) is 1.09. The third-order valence-electron chi connectivity index (χ3n) is 3.65. The molecule has 2 N–H and O–H groups in total. The van der Waals surface area contributed by atoms with Gasteiger partial charge in [0.2, 0.25) is 0 Å². The number of nitrogens with one attached hydrogen (secondary N) is 2. The number of nitrogens with zero attached hydrogens (tertiary/aromatic N) is 2. The molecule has 1 aromatic carbocycles. The van der Waals surface area contributed by atoms with Crippen molar-refractivity contribution in [3.8, 4) is 11.5 Å². The second-order valence-electron chi connectivity index (χ2n) is 5.74. The molecule has 0 saturated heterocycles. The summed E-state index contributed by atoms with van der Waals surface area (Å²) in [4.78, 5) is 10.2. The third-order valence-corrected chi connectivity index (χ3v) is 4.56. The number of hydrogen-bond donors (Lipinski definition) is 2. The molecular formula is C18H24N4O2S. The topological polar surface area (TPSA) is 67.8 Å². The van der Waals surface area contributed by atoms with Crippen LogP contribution in [-0.4, -0.2) is 30.7 Å². The summed E-state index contributed by atoms with van der Waals surface area (Å²) in [6.07, 6.45) is 2.80. The lowest BCUT2D eigenvalue weighted by Crippen LogP contribution is -2.36. The van der Waals surface area contributed by atoms with Crippen molar-refractivity contribution in [3.63, 3.8) is 0 Å². The quantitative estimate of drug-likeness (QED) is 0.634. The van der Waals surface area contributed by atoms with Gasteiger partial charge in [-0.3, -0.25) is 0 Å². The average molecular weight is 360 g/mol. The van der Waals surface area contributed by atoms with Crippen LogP contribution < -0.4 is 20.1 Å². The largest absolute Gasteiger partial charge is 0.490 e. The molecule has 0 saturated carbocycles. The third kappa shape index (κ3) is 5.09.